The average molecular weight is 274 g/mol. The maximum absolute atomic E-state index is 3.67. The van der Waals surface area contributed by atoms with Crippen LogP contribution in [0.5, 0.6) is 0 Å². The Morgan fingerprint density at radius 2 is 1.80 bits per heavy atom. The lowest BCUT2D eigenvalue weighted by Gasteiger charge is -2.31. The van der Waals surface area contributed by atoms with Crippen molar-refractivity contribution in [2.45, 2.75) is 58.4 Å². The lowest BCUT2D eigenvalue weighted by Crippen LogP contribution is -2.41. The number of aryl methyl sites for hydroxylation is 1. The second-order valence-electron chi connectivity index (χ2n) is 5.97. The number of para-hydroxylation sites is 1. The minimum Gasteiger partial charge on any atom is -0.383 e. The zero-order chi connectivity index (χ0) is 14.2. The molecule has 1 atom stereocenters. The second kappa shape index (κ2) is 8.31. The van der Waals surface area contributed by atoms with Gasteiger partial charge in [0.25, 0.3) is 0 Å². The first-order chi connectivity index (χ1) is 9.85. The smallest absolute Gasteiger partial charge is 0.0373 e. The summed E-state index contributed by atoms with van der Waals surface area (Å²) in [6, 6.07) is 9.48. The van der Waals surface area contributed by atoms with E-state index >= 15 is 0 Å². The molecule has 0 radical (unpaired) electrons. The number of nitrogens with zero attached hydrogens (tertiary/aromatic N) is 1. The molecule has 0 fully saturated rings. The van der Waals surface area contributed by atoms with Crippen LogP contribution in [-0.4, -0.2) is 30.6 Å². The minimum absolute atomic E-state index is 0.695. The molecular formula is C18H30N2. The fraction of sp³-hybridized carbons (Fsp3) is 0.667. The molecule has 0 amide bonds. The van der Waals surface area contributed by atoms with E-state index in [-0.39, 0.29) is 0 Å². The van der Waals surface area contributed by atoms with Crippen LogP contribution in [-0.2, 0) is 6.42 Å². The number of hydrogen-bond donors (Lipinski definition) is 1. The van der Waals surface area contributed by atoms with Crippen molar-refractivity contribution < 1.29 is 0 Å². The molecule has 1 heterocycles. The number of anilines is 1. The molecule has 0 aliphatic carbocycles. The van der Waals surface area contributed by atoms with Gasteiger partial charge in [0.05, 0.1) is 0 Å². The van der Waals surface area contributed by atoms with Crippen molar-refractivity contribution in [3.8, 4) is 0 Å². The van der Waals surface area contributed by atoms with Crippen molar-refractivity contribution in [1.82, 2.24) is 4.90 Å². The highest BCUT2D eigenvalue weighted by Gasteiger charge is 2.20. The van der Waals surface area contributed by atoms with E-state index in [1.807, 2.05) is 0 Å². The highest BCUT2D eigenvalue weighted by Crippen LogP contribution is 2.23. The zero-order valence-electron chi connectivity index (χ0n) is 13.2. The average Bonchev–Trinajstić information content (AvgIpc) is 2.70. The molecule has 2 nitrogen and oxygen atoms in total. The Kier molecular flexibility index (Phi) is 6.38. The van der Waals surface area contributed by atoms with Gasteiger partial charge in [-0.1, -0.05) is 44.9 Å². The highest BCUT2D eigenvalue weighted by atomic mass is 15.2. The van der Waals surface area contributed by atoms with Gasteiger partial charge in [-0.05, 0) is 50.4 Å². The standard InChI is InChI=1S/C18H30N2/c1-3-5-13-20(14-6-4-2)17-12-11-16-9-7-8-10-18(16)19-15-17/h7-10,17,19H,3-6,11-15H2,1-2H3. The molecule has 1 aromatic carbocycles. The largest absolute Gasteiger partial charge is 0.383 e. The fourth-order valence-electron chi connectivity index (χ4n) is 3.07. The Morgan fingerprint density at radius 3 is 2.50 bits per heavy atom. The summed E-state index contributed by atoms with van der Waals surface area (Å²) in [6.45, 7) is 8.21. The predicted octanol–water partition coefficient (Wildman–Crippen LogP) is 4.32. The van der Waals surface area contributed by atoms with Crippen molar-refractivity contribution >= 4 is 5.69 Å². The van der Waals surface area contributed by atoms with Crippen LogP contribution in [0.1, 0.15) is 51.5 Å². The van der Waals surface area contributed by atoms with E-state index in [1.54, 1.807) is 0 Å². The summed E-state index contributed by atoms with van der Waals surface area (Å²) in [6.07, 6.45) is 7.74. The minimum atomic E-state index is 0.695. The number of unbranched alkanes of at least 4 members (excludes halogenated alkanes) is 2. The molecule has 112 valence electrons. The van der Waals surface area contributed by atoms with Gasteiger partial charge in [0.15, 0.2) is 0 Å². The first kappa shape index (κ1) is 15.4. The number of benzene rings is 1. The fourth-order valence-corrected chi connectivity index (χ4v) is 3.07. The topological polar surface area (TPSA) is 15.3 Å². The molecule has 2 rings (SSSR count). The van der Waals surface area contributed by atoms with Gasteiger partial charge in [0, 0.05) is 18.3 Å². The van der Waals surface area contributed by atoms with E-state index in [2.05, 4.69) is 48.3 Å². The molecule has 0 bridgehead atoms. The Labute approximate surface area is 124 Å². The summed E-state index contributed by atoms with van der Waals surface area (Å²) in [5.41, 5.74) is 2.84. The molecule has 1 aliphatic heterocycles. The van der Waals surface area contributed by atoms with Gasteiger partial charge in [0.2, 0.25) is 0 Å². The van der Waals surface area contributed by atoms with Gasteiger partial charge < -0.3 is 5.32 Å². The predicted molar refractivity (Wildman–Crippen MR) is 88.4 cm³/mol. The van der Waals surface area contributed by atoms with Crippen LogP contribution in [0.2, 0.25) is 0 Å². The number of fused-ring (bicyclic) bond motifs is 1. The Morgan fingerprint density at radius 1 is 1.10 bits per heavy atom. The summed E-state index contributed by atoms with van der Waals surface area (Å²) in [4.78, 5) is 2.73. The molecule has 0 aromatic heterocycles. The van der Waals surface area contributed by atoms with Crippen molar-refractivity contribution in [2.24, 2.45) is 0 Å². The molecule has 1 unspecified atom stereocenters. The van der Waals surface area contributed by atoms with Crippen molar-refractivity contribution in [1.29, 1.82) is 0 Å². The molecule has 20 heavy (non-hydrogen) atoms. The first-order valence-electron chi connectivity index (χ1n) is 8.41. The van der Waals surface area contributed by atoms with Crippen molar-refractivity contribution in [3.63, 3.8) is 0 Å². The van der Waals surface area contributed by atoms with Crippen LogP contribution in [0.4, 0.5) is 5.69 Å². The van der Waals surface area contributed by atoms with Crippen molar-refractivity contribution in [2.75, 3.05) is 25.0 Å². The van der Waals surface area contributed by atoms with Gasteiger partial charge in [-0.25, -0.2) is 0 Å². The number of hydrogen-bond acceptors (Lipinski definition) is 2. The van der Waals surface area contributed by atoms with Crippen LogP contribution in [0.25, 0.3) is 0 Å². The van der Waals surface area contributed by atoms with E-state index in [9.17, 15) is 0 Å². The monoisotopic (exact) mass is 274 g/mol. The summed E-state index contributed by atoms with van der Waals surface area (Å²) in [7, 11) is 0. The maximum atomic E-state index is 3.67. The van der Waals surface area contributed by atoms with Crippen LogP contribution >= 0.6 is 0 Å². The van der Waals surface area contributed by atoms with Crippen molar-refractivity contribution in [3.05, 3.63) is 29.8 Å². The third kappa shape index (κ3) is 4.24. The summed E-state index contributed by atoms with van der Waals surface area (Å²) >= 11 is 0. The van der Waals surface area contributed by atoms with Crippen LogP contribution < -0.4 is 5.32 Å². The zero-order valence-corrected chi connectivity index (χ0v) is 13.2. The molecule has 1 aromatic rings. The van der Waals surface area contributed by atoms with Crippen LogP contribution in [0.3, 0.4) is 0 Å². The SMILES string of the molecule is CCCCN(CCCC)C1CCc2ccccc2NC1. The quantitative estimate of drug-likeness (QED) is 0.797. The van der Waals surface area contributed by atoms with E-state index in [1.165, 1.54) is 62.9 Å². The van der Waals surface area contributed by atoms with E-state index in [4.69, 9.17) is 0 Å². The maximum Gasteiger partial charge on any atom is 0.0373 e. The highest BCUT2D eigenvalue weighted by molar-refractivity contribution is 5.52. The lowest BCUT2D eigenvalue weighted by atomic mass is 10.0. The number of rotatable bonds is 7. The van der Waals surface area contributed by atoms with E-state index in [0.29, 0.717) is 6.04 Å². The van der Waals surface area contributed by atoms with Crippen LogP contribution in [0.15, 0.2) is 24.3 Å². The molecule has 1 N–H and O–H groups in total. The Bertz CT molecular complexity index is 354. The second-order valence-corrected chi connectivity index (χ2v) is 5.97. The summed E-state index contributed by atoms with van der Waals surface area (Å²) in [5, 5.41) is 3.67. The molecule has 0 saturated heterocycles. The first-order valence-corrected chi connectivity index (χ1v) is 8.41. The molecule has 0 spiro atoms. The third-order valence-electron chi connectivity index (χ3n) is 4.41. The van der Waals surface area contributed by atoms with E-state index in [0.717, 1.165) is 6.54 Å². The van der Waals surface area contributed by atoms with Gasteiger partial charge in [-0.15, -0.1) is 0 Å². The van der Waals surface area contributed by atoms with Gasteiger partial charge >= 0.3 is 0 Å². The summed E-state index contributed by atoms with van der Waals surface area (Å²) in [5.74, 6) is 0. The van der Waals surface area contributed by atoms with Gasteiger partial charge in [0.1, 0.15) is 0 Å². The van der Waals surface area contributed by atoms with Crippen LogP contribution in [0, 0.1) is 0 Å². The van der Waals surface area contributed by atoms with Gasteiger partial charge in [-0.2, -0.15) is 0 Å². The normalized spacial score (nSPS) is 18.4. The molecule has 0 saturated carbocycles. The molecular weight excluding hydrogens is 244 g/mol. The molecule has 1 aliphatic rings. The molecule has 2 heteroatoms. The van der Waals surface area contributed by atoms with E-state index < -0.39 is 0 Å². The lowest BCUT2D eigenvalue weighted by molar-refractivity contribution is 0.190. The number of nitrogens with one attached hydrogen (secondary N) is 1. The Balaban J connectivity index is 1.96. The summed E-state index contributed by atoms with van der Waals surface area (Å²) < 4.78 is 0. The Hall–Kier alpha value is -1.02. The van der Waals surface area contributed by atoms with Gasteiger partial charge in [-0.3, -0.25) is 4.90 Å². The third-order valence-corrected chi connectivity index (χ3v) is 4.41.